The Bertz CT molecular complexity index is 2860. The first kappa shape index (κ1) is 33.7. The smallest absolute Gasteiger partial charge is 0.141 e. The lowest BCUT2D eigenvalue weighted by molar-refractivity contribution is 0.122. The van der Waals surface area contributed by atoms with E-state index in [-0.39, 0.29) is 0 Å². The van der Waals surface area contributed by atoms with Crippen LogP contribution >= 0.6 is 0 Å². The van der Waals surface area contributed by atoms with Crippen LogP contribution in [0.2, 0.25) is 0 Å². The second-order valence-corrected chi connectivity index (χ2v) is 14.7. The first-order valence-electron chi connectivity index (χ1n) is 19.1. The first-order valence-corrected chi connectivity index (χ1v) is 19.1. The summed E-state index contributed by atoms with van der Waals surface area (Å²) in [6.45, 7) is 0. The zero-order valence-corrected chi connectivity index (χ0v) is 30.7. The van der Waals surface area contributed by atoms with Crippen LogP contribution in [0.3, 0.4) is 0 Å². The van der Waals surface area contributed by atoms with E-state index in [4.69, 9.17) is 0 Å². The quantitative estimate of drug-likeness (QED) is 0.121. The second-order valence-electron chi connectivity index (χ2n) is 14.7. The van der Waals surface area contributed by atoms with Crippen molar-refractivity contribution in [3.8, 4) is 22.3 Å². The Kier molecular flexibility index (Phi) is 8.11. The highest BCUT2D eigenvalue weighted by atomic mass is 16.3. The van der Waals surface area contributed by atoms with Gasteiger partial charge in [-0.3, -0.25) is 0 Å². The molecule has 0 atom stereocenters. The lowest BCUT2D eigenvalue weighted by Gasteiger charge is -2.37. The monoisotopic (exact) mass is 718 g/mol. The Labute approximate surface area is 326 Å². The van der Waals surface area contributed by atoms with E-state index in [0.29, 0.717) is 5.56 Å². The highest BCUT2D eigenvalue weighted by molar-refractivity contribution is 6.25. The molecule has 0 bridgehead atoms. The van der Waals surface area contributed by atoms with Crippen molar-refractivity contribution in [2.45, 2.75) is 11.2 Å². The van der Waals surface area contributed by atoms with Crippen molar-refractivity contribution in [2.75, 3.05) is 0 Å². The van der Waals surface area contributed by atoms with Gasteiger partial charge in [-0.25, -0.2) is 0 Å². The van der Waals surface area contributed by atoms with Gasteiger partial charge in [0, 0.05) is 11.1 Å². The van der Waals surface area contributed by atoms with E-state index in [1.54, 1.807) is 0 Å². The molecule has 56 heavy (non-hydrogen) atoms. The van der Waals surface area contributed by atoms with E-state index in [1.165, 1.54) is 21.5 Å². The molecule has 2 heteroatoms. The number of aliphatic hydroxyl groups is 2. The Morgan fingerprint density at radius 3 is 1.14 bits per heavy atom. The molecule has 0 amide bonds. The highest BCUT2D eigenvalue weighted by Gasteiger charge is 2.41. The zero-order chi connectivity index (χ0) is 37.7. The minimum absolute atomic E-state index is 0.717. The molecule has 10 aromatic rings. The summed E-state index contributed by atoms with van der Waals surface area (Å²) in [4.78, 5) is 0. The van der Waals surface area contributed by atoms with Crippen molar-refractivity contribution in [2.24, 2.45) is 0 Å². The molecule has 0 saturated carbocycles. The van der Waals surface area contributed by atoms with Crippen LogP contribution in [0.25, 0.3) is 54.6 Å². The van der Waals surface area contributed by atoms with Crippen molar-refractivity contribution in [3.63, 3.8) is 0 Å². The van der Waals surface area contributed by atoms with E-state index in [9.17, 15) is 10.2 Å². The van der Waals surface area contributed by atoms with Gasteiger partial charge in [-0.1, -0.05) is 206 Å². The molecule has 0 aliphatic rings. The van der Waals surface area contributed by atoms with Crippen molar-refractivity contribution in [1.82, 2.24) is 0 Å². The molecular formula is C54H38O2. The van der Waals surface area contributed by atoms with Gasteiger partial charge in [0.2, 0.25) is 0 Å². The minimum atomic E-state index is -1.58. The fraction of sp³-hybridized carbons (Fsp3) is 0.0370. The Hall–Kier alpha value is -6.84. The van der Waals surface area contributed by atoms with Crippen LogP contribution < -0.4 is 0 Å². The third kappa shape index (κ3) is 5.26. The number of benzene rings is 10. The summed E-state index contributed by atoms with van der Waals surface area (Å²) in [6.07, 6.45) is 0. The van der Waals surface area contributed by atoms with Gasteiger partial charge in [-0.2, -0.15) is 0 Å². The molecule has 0 aliphatic heterocycles. The van der Waals surface area contributed by atoms with Crippen LogP contribution in [0.4, 0.5) is 0 Å². The molecule has 0 saturated heterocycles. The molecule has 2 nitrogen and oxygen atoms in total. The van der Waals surface area contributed by atoms with Gasteiger partial charge in [-0.05, 0) is 89.0 Å². The van der Waals surface area contributed by atoms with Gasteiger partial charge >= 0.3 is 0 Å². The molecule has 0 unspecified atom stereocenters. The van der Waals surface area contributed by atoms with E-state index in [0.717, 1.165) is 60.8 Å². The molecule has 0 heterocycles. The standard InChI is InChI=1S/C54H38O2/c55-53(41-21-8-2-9-22-41,42-23-10-3-11-24-42)49-36-48(45-33-31-40-30-29-38-19-16-20-39-32-34-46(45)52(40)51(38)39)50(35-47(49)37-17-6-1-7-18-37)54(56,43-25-12-4-13-26-43)44-27-14-5-15-28-44/h1-36,55-56H. The predicted molar refractivity (Wildman–Crippen MR) is 231 cm³/mol. The lowest BCUT2D eigenvalue weighted by Crippen LogP contribution is -2.32. The molecule has 0 spiro atoms. The number of hydrogen-bond acceptors (Lipinski definition) is 2. The van der Waals surface area contributed by atoms with Crippen molar-refractivity contribution in [1.29, 1.82) is 0 Å². The summed E-state index contributed by atoms with van der Waals surface area (Å²) in [6, 6.07) is 73.9. The van der Waals surface area contributed by atoms with Crippen LogP contribution in [0, 0.1) is 0 Å². The van der Waals surface area contributed by atoms with Gasteiger partial charge in [0.1, 0.15) is 11.2 Å². The second kappa shape index (κ2) is 13.5. The topological polar surface area (TPSA) is 40.5 Å². The fourth-order valence-corrected chi connectivity index (χ4v) is 8.92. The van der Waals surface area contributed by atoms with Crippen LogP contribution in [0.1, 0.15) is 33.4 Å². The largest absolute Gasteiger partial charge is 0.376 e. The maximum Gasteiger partial charge on any atom is 0.141 e. The normalized spacial score (nSPS) is 12.1. The van der Waals surface area contributed by atoms with Gasteiger partial charge in [0.05, 0.1) is 0 Å². The number of rotatable bonds is 8. The molecular weight excluding hydrogens is 681 g/mol. The van der Waals surface area contributed by atoms with E-state index in [1.807, 2.05) is 140 Å². The van der Waals surface area contributed by atoms with Crippen LogP contribution in [0.5, 0.6) is 0 Å². The average molecular weight is 719 g/mol. The summed E-state index contributed by atoms with van der Waals surface area (Å²) in [5, 5.41) is 34.4. The summed E-state index contributed by atoms with van der Waals surface area (Å²) in [7, 11) is 0. The van der Waals surface area contributed by atoms with Gasteiger partial charge in [0.15, 0.2) is 0 Å². The molecule has 266 valence electrons. The Balaban J connectivity index is 1.41. The molecule has 0 fully saturated rings. The predicted octanol–water partition coefficient (Wildman–Crippen LogP) is 12.5. The molecule has 10 rings (SSSR count). The zero-order valence-electron chi connectivity index (χ0n) is 30.7. The van der Waals surface area contributed by atoms with Gasteiger partial charge in [0.25, 0.3) is 0 Å². The molecule has 0 radical (unpaired) electrons. The SMILES string of the molecule is OC(c1ccccc1)(c1ccccc1)c1cc(-c2ccc3ccc4cccc5ccc2c3c45)c(C(O)(c2ccccc2)c2ccccc2)cc1-c1ccccc1. The van der Waals surface area contributed by atoms with Crippen molar-refractivity contribution in [3.05, 3.63) is 252 Å². The summed E-state index contributed by atoms with van der Waals surface area (Å²) in [5.41, 5.74) is 4.84. The maximum absolute atomic E-state index is 13.7. The minimum Gasteiger partial charge on any atom is -0.376 e. The first-order chi connectivity index (χ1) is 27.5. The Morgan fingerprint density at radius 1 is 0.286 bits per heavy atom. The van der Waals surface area contributed by atoms with E-state index >= 15 is 0 Å². The summed E-state index contributed by atoms with van der Waals surface area (Å²) >= 11 is 0. The fourth-order valence-electron chi connectivity index (χ4n) is 8.92. The molecule has 2 N–H and O–H groups in total. The molecule has 0 aliphatic carbocycles. The maximum atomic E-state index is 13.7. The third-order valence-electron chi connectivity index (χ3n) is 11.6. The lowest BCUT2D eigenvalue weighted by atomic mass is 9.71. The Morgan fingerprint density at radius 2 is 0.661 bits per heavy atom. The van der Waals surface area contributed by atoms with Crippen molar-refractivity contribution >= 4 is 32.3 Å². The van der Waals surface area contributed by atoms with Crippen LogP contribution in [-0.4, -0.2) is 10.2 Å². The average Bonchev–Trinajstić information content (AvgIpc) is 3.28. The van der Waals surface area contributed by atoms with Gasteiger partial charge < -0.3 is 10.2 Å². The number of hydrogen-bond donors (Lipinski definition) is 2. The van der Waals surface area contributed by atoms with Gasteiger partial charge in [-0.15, -0.1) is 0 Å². The highest BCUT2D eigenvalue weighted by Crippen LogP contribution is 2.50. The van der Waals surface area contributed by atoms with Crippen LogP contribution in [-0.2, 0) is 11.2 Å². The summed E-state index contributed by atoms with van der Waals surface area (Å²) in [5.74, 6) is 0. The summed E-state index contributed by atoms with van der Waals surface area (Å²) < 4.78 is 0. The third-order valence-corrected chi connectivity index (χ3v) is 11.6. The molecule has 10 aromatic carbocycles. The van der Waals surface area contributed by atoms with E-state index < -0.39 is 11.2 Å². The van der Waals surface area contributed by atoms with E-state index in [2.05, 4.69) is 78.9 Å². The molecule has 0 aromatic heterocycles. The van der Waals surface area contributed by atoms with Crippen molar-refractivity contribution < 1.29 is 10.2 Å². The van der Waals surface area contributed by atoms with Crippen LogP contribution in [0.15, 0.2) is 218 Å².